The molecule has 0 atom stereocenters. The topological polar surface area (TPSA) is 81.4 Å². The summed E-state index contributed by atoms with van der Waals surface area (Å²) in [5.41, 5.74) is 1.17. The predicted molar refractivity (Wildman–Crippen MR) is 69.0 cm³/mol. The molecule has 2 aromatic rings. The summed E-state index contributed by atoms with van der Waals surface area (Å²) in [7, 11) is -2.87. The number of aromatic nitrogens is 3. The summed E-state index contributed by atoms with van der Waals surface area (Å²) in [4.78, 5) is 15.1. The minimum Gasteiger partial charge on any atom is -0.298 e. The average molecular weight is 279 g/mol. The highest BCUT2D eigenvalue weighted by Gasteiger charge is 2.27. The molecule has 0 bridgehead atoms. The normalized spacial score (nSPS) is 19.6. The quantitative estimate of drug-likeness (QED) is 0.761. The third kappa shape index (κ3) is 2.37. The van der Waals surface area contributed by atoms with E-state index in [1.165, 1.54) is 0 Å². The van der Waals surface area contributed by atoms with Gasteiger partial charge in [0, 0.05) is 17.7 Å². The van der Waals surface area contributed by atoms with Crippen molar-refractivity contribution in [3.8, 4) is 0 Å². The molecule has 6 nitrogen and oxygen atoms in total. The summed E-state index contributed by atoms with van der Waals surface area (Å²) < 4.78 is 24.4. The van der Waals surface area contributed by atoms with Crippen molar-refractivity contribution in [3.05, 3.63) is 29.7 Å². The van der Waals surface area contributed by atoms with Gasteiger partial charge in [0.2, 0.25) is 0 Å². The molecule has 1 fully saturated rings. The lowest BCUT2D eigenvalue weighted by Gasteiger charge is -2.18. The molecule has 0 aromatic carbocycles. The lowest BCUT2D eigenvalue weighted by molar-refractivity contribution is 0.112. The van der Waals surface area contributed by atoms with Gasteiger partial charge in [-0.2, -0.15) is 5.10 Å². The Morgan fingerprint density at radius 2 is 2.05 bits per heavy atom. The number of hydrogen-bond acceptors (Lipinski definition) is 5. The lowest BCUT2D eigenvalue weighted by atomic mass is 10.0. The van der Waals surface area contributed by atoms with E-state index < -0.39 is 9.84 Å². The molecule has 7 heteroatoms. The van der Waals surface area contributed by atoms with Crippen LogP contribution in [0, 0.1) is 0 Å². The average Bonchev–Trinajstić information content (AvgIpc) is 2.81. The van der Waals surface area contributed by atoms with Gasteiger partial charge in [-0.25, -0.2) is 17.9 Å². The van der Waals surface area contributed by atoms with Crippen LogP contribution < -0.4 is 0 Å². The fraction of sp³-hybridized carbons (Fsp3) is 0.417. The number of rotatable bonds is 2. The molecule has 1 saturated heterocycles. The Balaban J connectivity index is 1.91. The Morgan fingerprint density at radius 3 is 2.74 bits per heavy atom. The largest absolute Gasteiger partial charge is 0.298 e. The molecular formula is C12H13N3O3S. The van der Waals surface area contributed by atoms with Crippen LogP contribution >= 0.6 is 0 Å². The number of carbonyl (C=O) groups excluding carboxylic acids is 1. The van der Waals surface area contributed by atoms with Crippen molar-refractivity contribution in [2.24, 2.45) is 0 Å². The molecule has 1 aliphatic rings. The Labute approximate surface area is 110 Å². The SMILES string of the molecule is O=Cc1ccn2nc(C3CCS(=O)(=O)CC3)nc2c1. The summed E-state index contributed by atoms with van der Waals surface area (Å²) in [5, 5.41) is 4.35. The Bertz CT molecular complexity index is 722. The van der Waals surface area contributed by atoms with E-state index in [0.29, 0.717) is 29.9 Å². The summed E-state index contributed by atoms with van der Waals surface area (Å²) in [6.45, 7) is 0. The van der Waals surface area contributed by atoms with Gasteiger partial charge in [0.05, 0.1) is 11.5 Å². The smallest absolute Gasteiger partial charge is 0.156 e. The molecule has 0 aliphatic carbocycles. The predicted octanol–water partition coefficient (Wildman–Crippen LogP) is 0.834. The molecule has 0 N–H and O–H groups in total. The second-order valence-electron chi connectivity index (χ2n) is 4.78. The van der Waals surface area contributed by atoms with Crippen molar-refractivity contribution in [2.75, 3.05) is 11.5 Å². The van der Waals surface area contributed by atoms with Crippen LogP contribution in [-0.4, -0.2) is 40.8 Å². The number of fused-ring (bicyclic) bond motifs is 1. The van der Waals surface area contributed by atoms with Gasteiger partial charge < -0.3 is 0 Å². The second kappa shape index (κ2) is 4.41. The van der Waals surface area contributed by atoms with Crippen molar-refractivity contribution in [1.82, 2.24) is 14.6 Å². The van der Waals surface area contributed by atoms with Crippen LogP contribution in [0.4, 0.5) is 0 Å². The molecule has 3 heterocycles. The van der Waals surface area contributed by atoms with E-state index in [1.54, 1.807) is 22.8 Å². The highest BCUT2D eigenvalue weighted by atomic mass is 32.2. The van der Waals surface area contributed by atoms with Crippen LogP contribution in [0.25, 0.3) is 5.65 Å². The number of hydrogen-bond donors (Lipinski definition) is 0. The third-order valence-corrected chi connectivity index (χ3v) is 5.15. The number of sulfone groups is 1. The van der Waals surface area contributed by atoms with E-state index in [1.807, 2.05) is 0 Å². The Morgan fingerprint density at radius 1 is 1.32 bits per heavy atom. The first-order chi connectivity index (χ1) is 9.07. The number of aldehydes is 1. The highest BCUT2D eigenvalue weighted by Crippen LogP contribution is 2.27. The van der Waals surface area contributed by atoms with Gasteiger partial charge in [0.1, 0.15) is 16.1 Å². The molecule has 1 aliphatic heterocycles. The van der Waals surface area contributed by atoms with Crippen LogP contribution in [0.15, 0.2) is 18.3 Å². The van der Waals surface area contributed by atoms with Crippen LogP contribution in [0.5, 0.6) is 0 Å². The van der Waals surface area contributed by atoms with Crippen molar-refractivity contribution in [3.63, 3.8) is 0 Å². The van der Waals surface area contributed by atoms with Crippen LogP contribution in [0.3, 0.4) is 0 Å². The third-order valence-electron chi connectivity index (χ3n) is 3.43. The fourth-order valence-electron chi connectivity index (χ4n) is 2.31. The molecular weight excluding hydrogens is 266 g/mol. The van der Waals surface area contributed by atoms with Crippen LogP contribution in [0.2, 0.25) is 0 Å². The molecule has 2 aromatic heterocycles. The molecule has 0 radical (unpaired) electrons. The number of nitrogens with zero attached hydrogens (tertiary/aromatic N) is 3. The molecule has 0 spiro atoms. The zero-order valence-electron chi connectivity index (χ0n) is 10.2. The standard InChI is InChI=1S/C12H13N3O3S/c16-8-9-1-4-15-11(7-9)13-12(14-15)10-2-5-19(17,18)6-3-10/h1,4,7-8,10H,2-3,5-6H2. The van der Waals surface area contributed by atoms with Gasteiger partial charge in [-0.3, -0.25) is 4.79 Å². The first-order valence-electron chi connectivity index (χ1n) is 6.09. The summed E-state index contributed by atoms with van der Waals surface area (Å²) in [5.74, 6) is 1.15. The van der Waals surface area contributed by atoms with Gasteiger partial charge in [0.15, 0.2) is 11.5 Å². The number of pyridine rings is 1. The minimum atomic E-state index is -2.87. The van der Waals surface area contributed by atoms with Crippen molar-refractivity contribution in [1.29, 1.82) is 0 Å². The summed E-state index contributed by atoms with van der Waals surface area (Å²) in [6.07, 6.45) is 3.59. The fourth-order valence-corrected chi connectivity index (χ4v) is 3.80. The monoisotopic (exact) mass is 279 g/mol. The van der Waals surface area contributed by atoms with Crippen molar-refractivity contribution >= 4 is 21.8 Å². The first-order valence-corrected chi connectivity index (χ1v) is 7.91. The van der Waals surface area contributed by atoms with Gasteiger partial charge >= 0.3 is 0 Å². The second-order valence-corrected chi connectivity index (χ2v) is 7.08. The van der Waals surface area contributed by atoms with E-state index in [2.05, 4.69) is 10.1 Å². The maximum atomic E-state index is 11.4. The number of carbonyl (C=O) groups is 1. The minimum absolute atomic E-state index is 0.0862. The molecule has 3 rings (SSSR count). The van der Waals surface area contributed by atoms with E-state index in [0.717, 1.165) is 6.29 Å². The van der Waals surface area contributed by atoms with Crippen LogP contribution in [0.1, 0.15) is 34.9 Å². The molecule has 0 saturated carbocycles. The van der Waals surface area contributed by atoms with Crippen molar-refractivity contribution < 1.29 is 13.2 Å². The first kappa shape index (κ1) is 12.3. The van der Waals surface area contributed by atoms with Crippen molar-refractivity contribution in [2.45, 2.75) is 18.8 Å². The zero-order chi connectivity index (χ0) is 13.5. The van der Waals surface area contributed by atoms with Gasteiger partial charge in [0.25, 0.3) is 0 Å². The lowest BCUT2D eigenvalue weighted by Crippen LogP contribution is -2.22. The van der Waals surface area contributed by atoms with E-state index in [-0.39, 0.29) is 17.4 Å². The van der Waals surface area contributed by atoms with Gasteiger partial charge in [-0.15, -0.1) is 0 Å². The van der Waals surface area contributed by atoms with E-state index >= 15 is 0 Å². The molecule has 0 amide bonds. The molecule has 100 valence electrons. The van der Waals surface area contributed by atoms with E-state index in [4.69, 9.17) is 0 Å². The summed E-state index contributed by atoms with van der Waals surface area (Å²) >= 11 is 0. The highest BCUT2D eigenvalue weighted by molar-refractivity contribution is 7.91. The molecule has 0 unspecified atom stereocenters. The Hall–Kier alpha value is -1.76. The maximum absolute atomic E-state index is 11.4. The molecule has 19 heavy (non-hydrogen) atoms. The maximum Gasteiger partial charge on any atom is 0.156 e. The zero-order valence-corrected chi connectivity index (χ0v) is 11.0. The van der Waals surface area contributed by atoms with Gasteiger partial charge in [-0.05, 0) is 25.0 Å². The van der Waals surface area contributed by atoms with Gasteiger partial charge in [-0.1, -0.05) is 0 Å². The summed E-state index contributed by atoms with van der Waals surface area (Å²) in [6, 6.07) is 3.34. The van der Waals surface area contributed by atoms with Crippen LogP contribution in [-0.2, 0) is 9.84 Å². The Kier molecular flexibility index (Phi) is 2.85. The van der Waals surface area contributed by atoms with E-state index in [9.17, 15) is 13.2 Å².